The monoisotopic (exact) mass is 296 g/mol. The third-order valence-electron chi connectivity index (χ3n) is 2.97. The van der Waals surface area contributed by atoms with Crippen molar-refractivity contribution >= 4 is 17.3 Å². The Hall–Kier alpha value is -1.65. The molecular formula is C15H15ClF2N2. The summed E-state index contributed by atoms with van der Waals surface area (Å²) in [7, 11) is 0. The molecule has 106 valence electrons. The third kappa shape index (κ3) is 3.68. The topological polar surface area (TPSA) is 38.0 Å². The van der Waals surface area contributed by atoms with Gasteiger partial charge in [0.15, 0.2) is 0 Å². The molecule has 0 spiro atoms. The van der Waals surface area contributed by atoms with Gasteiger partial charge in [0.2, 0.25) is 0 Å². The van der Waals surface area contributed by atoms with E-state index in [1.165, 1.54) is 12.1 Å². The van der Waals surface area contributed by atoms with E-state index in [9.17, 15) is 8.78 Å². The molecule has 0 aliphatic carbocycles. The number of alkyl halides is 2. The highest BCUT2D eigenvalue weighted by Gasteiger charge is 2.13. The second-order valence-electron chi connectivity index (χ2n) is 4.41. The minimum absolute atomic E-state index is 0.00570. The van der Waals surface area contributed by atoms with E-state index in [1.54, 1.807) is 24.3 Å². The van der Waals surface area contributed by atoms with Crippen molar-refractivity contribution in [1.29, 1.82) is 0 Å². The summed E-state index contributed by atoms with van der Waals surface area (Å²) in [5.41, 5.74) is 7.26. The molecule has 1 atom stereocenters. The third-order valence-corrected chi connectivity index (χ3v) is 3.20. The van der Waals surface area contributed by atoms with Gasteiger partial charge in [0.25, 0.3) is 6.43 Å². The van der Waals surface area contributed by atoms with Crippen LogP contribution in [0.2, 0.25) is 5.02 Å². The fourth-order valence-electron chi connectivity index (χ4n) is 1.97. The zero-order valence-corrected chi connectivity index (χ0v) is 11.4. The van der Waals surface area contributed by atoms with E-state index in [0.29, 0.717) is 11.6 Å². The Balaban J connectivity index is 2.22. The van der Waals surface area contributed by atoms with Crippen LogP contribution in [0.4, 0.5) is 14.5 Å². The molecule has 0 bridgehead atoms. The fraction of sp³-hybridized carbons (Fsp3) is 0.200. The van der Waals surface area contributed by atoms with Crippen LogP contribution < -0.4 is 11.1 Å². The van der Waals surface area contributed by atoms with Crippen molar-refractivity contribution in [3.8, 4) is 0 Å². The van der Waals surface area contributed by atoms with Crippen LogP contribution >= 0.6 is 11.6 Å². The molecule has 0 radical (unpaired) electrons. The molecule has 2 aromatic rings. The van der Waals surface area contributed by atoms with Gasteiger partial charge < -0.3 is 11.1 Å². The van der Waals surface area contributed by atoms with Crippen molar-refractivity contribution in [2.75, 3.05) is 11.9 Å². The summed E-state index contributed by atoms with van der Waals surface area (Å²) in [4.78, 5) is 0. The van der Waals surface area contributed by atoms with Gasteiger partial charge in [-0.25, -0.2) is 8.78 Å². The first-order chi connectivity index (χ1) is 9.60. The number of nitrogens with one attached hydrogen (secondary N) is 1. The Morgan fingerprint density at radius 1 is 1.05 bits per heavy atom. The average Bonchev–Trinajstić information content (AvgIpc) is 2.45. The van der Waals surface area contributed by atoms with Gasteiger partial charge in [0.1, 0.15) is 0 Å². The molecule has 3 N–H and O–H groups in total. The van der Waals surface area contributed by atoms with Crippen molar-refractivity contribution in [3.05, 3.63) is 64.7 Å². The summed E-state index contributed by atoms with van der Waals surface area (Å²) in [6.07, 6.45) is -2.49. The van der Waals surface area contributed by atoms with Crippen LogP contribution in [0.5, 0.6) is 0 Å². The summed E-state index contributed by atoms with van der Waals surface area (Å²) in [6, 6.07) is 13.2. The van der Waals surface area contributed by atoms with Gasteiger partial charge >= 0.3 is 0 Å². The summed E-state index contributed by atoms with van der Waals surface area (Å²) < 4.78 is 25.5. The second-order valence-corrected chi connectivity index (χ2v) is 4.85. The van der Waals surface area contributed by atoms with Crippen LogP contribution in [-0.4, -0.2) is 6.54 Å². The van der Waals surface area contributed by atoms with Crippen LogP contribution in [-0.2, 0) is 0 Å². The molecule has 20 heavy (non-hydrogen) atoms. The van der Waals surface area contributed by atoms with E-state index < -0.39 is 6.43 Å². The van der Waals surface area contributed by atoms with Crippen LogP contribution in [0.25, 0.3) is 0 Å². The van der Waals surface area contributed by atoms with Gasteiger partial charge in [-0.05, 0) is 29.8 Å². The Morgan fingerprint density at radius 2 is 1.75 bits per heavy atom. The van der Waals surface area contributed by atoms with Crippen LogP contribution in [0.1, 0.15) is 23.6 Å². The standard InChI is InChI=1S/C15H15ClF2N2/c16-12-5-2-6-13(8-12)20-14(9-19)10-3-1-4-11(7-10)15(17)18/h1-8,14-15,20H,9,19H2. The number of hydrogen-bond donors (Lipinski definition) is 2. The summed E-state index contributed by atoms with van der Waals surface area (Å²) >= 11 is 5.91. The minimum atomic E-state index is -2.49. The van der Waals surface area contributed by atoms with Gasteiger partial charge in [-0.2, -0.15) is 0 Å². The van der Waals surface area contributed by atoms with E-state index in [1.807, 2.05) is 12.1 Å². The number of anilines is 1. The van der Waals surface area contributed by atoms with E-state index in [0.717, 1.165) is 11.3 Å². The first-order valence-corrected chi connectivity index (χ1v) is 6.58. The highest BCUT2D eigenvalue weighted by atomic mass is 35.5. The van der Waals surface area contributed by atoms with Crippen LogP contribution in [0.3, 0.4) is 0 Å². The molecule has 0 aromatic heterocycles. The number of benzene rings is 2. The van der Waals surface area contributed by atoms with Gasteiger partial charge in [0, 0.05) is 22.8 Å². The molecule has 2 rings (SSSR count). The minimum Gasteiger partial charge on any atom is -0.377 e. The van der Waals surface area contributed by atoms with Crippen molar-refractivity contribution < 1.29 is 8.78 Å². The average molecular weight is 297 g/mol. The molecule has 0 saturated carbocycles. The largest absolute Gasteiger partial charge is 0.377 e. The second kappa shape index (κ2) is 6.68. The van der Waals surface area contributed by atoms with Crippen molar-refractivity contribution in [2.45, 2.75) is 12.5 Å². The molecule has 1 unspecified atom stereocenters. The molecule has 0 heterocycles. The quantitative estimate of drug-likeness (QED) is 0.859. The van der Waals surface area contributed by atoms with Crippen molar-refractivity contribution in [2.24, 2.45) is 5.73 Å². The molecule has 0 aliphatic heterocycles. The molecular weight excluding hydrogens is 282 g/mol. The molecule has 2 nitrogen and oxygen atoms in total. The zero-order valence-electron chi connectivity index (χ0n) is 10.7. The SMILES string of the molecule is NCC(Nc1cccc(Cl)c1)c1cccc(C(F)F)c1. The Labute approximate surface area is 121 Å². The predicted octanol–water partition coefficient (Wildman–Crippen LogP) is 4.39. The van der Waals surface area contributed by atoms with E-state index in [2.05, 4.69) is 5.32 Å². The number of hydrogen-bond acceptors (Lipinski definition) is 2. The predicted molar refractivity (Wildman–Crippen MR) is 78.3 cm³/mol. The smallest absolute Gasteiger partial charge is 0.263 e. The van der Waals surface area contributed by atoms with E-state index >= 15 is 0 Å². The Bertz CT molecular complexity index is 575. The fourth-order valence-corrected chi connectivity index (χ4v) is 2.16. The Morgan fingerprint density at radius 3 is 2.40 bits per heavy atom. The van der Waals surface area contributed by atoms with Crippen LogP contribution in [0, 0.1) is 0 Å². The molecule has 2 aromatic carbocycles. The summed E-state index contributed by atoms with van der Waals surface area (Å²) in [5.74, 6) is 0. The van der Waals surface area contributed by atoms with Gasteiger partial charge in [-0.3, -0.25) is 0 Å². The molecule has 0 aliphatic rings. The molecule has 0 saturated heterocycles. The molecule has 5 heteroatoms. The maximum atomic E-state index is 12.7. The lowest BCUT2D eigenvalue weighted by Gasteiger charge is -2.19. The van der Waals surface area contributed by atoms with Crippen molar-refractivity contribution in [1.82, 2.24) is 0 Å². The highest BCUT2D eigenvalue weighted by Crippen LogP contribution is 2.25. The number of nitrogens with two attached hydrogens (primary N) is 1. The molecule has 0 fully saturated rings. The lowest BCUT2D eigenvalue weighted by atomic mass is 10.0. The van der Waals surface area contributed by atoms with E-state index in [-0.39, 0.29) is 11.6 Å². The maximum absolute atomic E-state index is 12.7. The maximum Gasteiger partial charge on any atom is 0.263 e. The van der Waals surface area contributed by atoms with Gasteiger partial charge in [-0.1, -0.05) is 35.9 Å². The summed E-state index contributed by atoms with van der Waals surface area (Å²) in [6.45, 7) is 0.291. The lowest BCUT2D eigenvalue weighted by molar-refractivity contribution is 0.151. The van der Waals surface area contributed by atoms with Crippen LogP contribution in [0.15, 0.2) is 48.5 Å². The Kier molecular flexibility index (Phi) is 4.93. The van der Waals surface area contributed by atoms with Gasteiger partial charge in [-0.15, -0.1) is 0 Å². The number of halogens is 3. The number of rotatable bonds is 5. The highest BCUT2D eigenvalue weighted by molar-refractivity contribution is 6.30. The zero-order chi connectivity index (χ0) is 14.5. The normalized spacial score (nSPS) is 12.4. The van der Waals surface area contributed by atoms with E-state index in [4.69, 9.17) is 17.3 Å². The molecule has 0 amide bonds. The first kappa shape index (κ1) is 14.8. The first-order valence-electron chi connectivity index (χ1n) is 6.20. The van der Waals surface area contributed by atoms with Crippen molar-refractivity contribution in [3.63, 3.8) is 0 Å². The lowest BCUT2D eigenvalue weighted by Crippen LogP contribution is -2.20. The van der Waals surface area contributed by atoms with Gasteiger partial charge in [0.05, 0.1) is 6.04 Å². The summed E-state index contributed by atoms with van der Waals surface area (Å²) in [5, 5.41) is 3.80.